The monoisotopic (exact) mass is 496 g/mol. The summed E-state index contributed by atoms with van der Waals surface area (Å²) >= 11 is 15.9. The highest BCUT2D eigenvalue weighted by atomic mass is 79.9. The number of rotatable bonds is 5. The Morgan fingerprint density at radius 2 is 1.79 bits per heavy atom. The van der Waals surface area contributed by atoms with Crippen molar-refractivity contribution in [2.75, 3.05) is 26.2 Å². The van der Waals surface area contributed by atoms with Crippen molar-refractivity contribution >= 4 is 45.0 Å². The molecule has 152 valence electrons. The van der Waals surface area contributed by atoms with Crippen molar-refractivity contribution in [2.24, 2.45) is 0 Å². The predicted octanol–water partition coefficient (Wildman–Crippen LogP) is 3.61. The van der Waals surface area contributed by atoms with Gasteiger partial charge in [-0.05, 0) is 34.1 Å². The fourth-order valence-corrected chi connectivity index (χ4v) is 4.14. The standard InChI is InChI=1S/C19H19BrCl2N6O/c20-14-10-23-28(11-14)13-27-5-4-18(24-27)19(29)26-8-6-25(7-9-26)12-15-16(21)2-1-3-17(15)22/h1-5,10-11H,6-9,12-13H2. The molecule has 0 atom stereocenters. The number of benzene rings is 1. The number of nitrogens with zero attached hydrogens (tertiary/aromatic N) is 6. The van der Waals surface area contributed by atoms with Gasteiger partial charge in [-0.1, -0.05) is 29.3 Å². The van der Waals surface area contributed by atoms with E-state index in [2.05, 4.69) is 31.0 Å². The molecule has 3 heterocycles. The molecule has 1 fully saturated rings. The third-order valence-corrected chi connectivity index (χ3v) is 5.97. The topological polar surface area (TPSA) is 59.2 Å². The van der Waals surface area contributed by atoms with E-state index < -0.39 is 0 Å². The fourth-order valence-electron chi connectivity index (χ4n) is 3.30. The lowest BCUT2D eigenvalue weighted by atomic mass is 10.2. The van der Waals surface area contributed by atoms with Gasteiger partial charge in [0.05, 0.1) is 10.7 Å². The van der Waals surface area contributed by atoms with Crippen LogP contribution in [-0.4, -0.2) is 61.4 Å². The molecule has 0 saturated carbocycles. The smallest absolute Gasteiger partial charge is 0.274 e. The van der Waals surface area contributed by atoms with Gasteiger partial charge in [-0.3, -0.25) is 14.4 Å². The largest absolute Gasteiger partial charge is 0.335 e. The Labute approximate surface area is 186 Å². The average Bonchev–Trinajstić information content (AvgIpc) is 3.34. The van der Waals surface area contributed by atoms with E-state index in [-0.39, 0.29) is 5.91 Å². The van der Waals surface area contributed by atoms with Crippen molar-refractivity contribution in [3.8, 4) is 0 Å². The van der Waals surface area contributed by atoms with Crippen molar-refractivity contribution in [3.05, 3.63) is 68.6 Å². The quantitative estimate of drug-likeness (QED) is 0.540. The number of carbonyl (C=O) groups is 1. The van der Waals surface area contributed by atoms with Gasteiger partial charge >= 0.3 is 0 Å². The minimum absolute atomic E-state index is 0.0548. The summed E-state index contributed by atoms with van der Waals surface area (Å²) in [6.07, 6.45) is 5.36. The van der Waals surface area contributed by atoms with Gasteiger partial charge in [0.15, 0.2) is 0 Å². The molecule has 0 radical (unpaired) electrons. The van der Waals surface area contributed by atoms with Gasteiger partial charge in [-0.25, -0.2) is 4.68 Å². The lowest BCUT2D eigenvalue weighted by Crippen LogP contribution is -2.48. The second-order valence-corrected chi connectivity index (χ2v) is 8.58. The maximum Gasteiger partial charge on any atom is 0.274 e. The molecule has 0 unspecified atom stereocenters. The molecule has 1 aromatic carbocycles. The van der Waals surface area contributed by atoms with Crippen LogP contribution in [0.1, 0.15) is 16.1 Å². The summed E-state index contributed by atoms with van der Waals surface area (Å²) in [6, 6.07) is 7.29. The Kier molecular flexibility index (Phi) is 6.24. The van der Waals surface area contributed by atoms with Gasteiger partial charge in [0, 0.05) is 60.7 Å². The second kappa shape index (κ2) is 8.87. The Morgan fingerprint density at radius 3 is 2.45 bits per heavy atom. The Bertz CT molecular complexity index is 992. The molecule has 1 aliphatic heterocycles. The molecule has 4 rings (SSSR count). The molecule has 1 saturated heterocycles. The molecule has 7 nitrogen and oxygen atoms in total. The molecule has 0 bridgehead atoms. The normalized spacial score (nSPS) is 15.1. The van der Waals surface area contributed by atoms with Crippen LogP contribution in [0.5, 0.6) is 0 Å². The van der Waals surface area contributed by atoms with Crippen LogP contribution in [0.25, 0.3) is 0 Å². The number of hydrogen-bond acceptors (Lipinski definition) is 4. The summed E-state index contributed by atoms with van der Waals surface area (Å²) in [4.78, 5) is 16.9. The number of halogens is 3. The molecule has 3 aromatic rings. The highest BCUT2D eigenvalue weighted by Crippen LogP contribution is 2.26. The number of piperazine rings is 1. The maximum atomic E-state index is 12.8. The minimum Gasteiger partial charge on any atom is -0.335 e. The van der Waals surface area contributed by atoms with Crippen molar-refractivity contribution < 1.29 is 4.79 Å². The molecular formula is C19H19BrCl2N6O. The zero-order chi connectivity index (χ0) is 20.4. The molecule has 0 aliphatic carbocycles. The zero-order valence-corrected chi connectivity index (χ0v) is 18.6. The number of hydrogen-bond donors (Lipinski definition) is 0. The highest BCUT2D eigenvalue weighted by Gasteiger charge is 2.24. The lowest BCUT2D eigenvalue weighted by molar-refractivity contribution is 0.0621. The summed E-state index contributed by atoms with van der Waals surface area (Å²) in [5.41, 5.74) is 1.37. The van der Waals surface area contributed by atoms with Crippen LogP contribution in [0, 0.1) is 0 Å². The van der Waals surface area contributed by atoms with Crippen LogP contribution in [0.3, 0.4) is 0 Å². The van der Waals surface area contributed by atoms with E-state index in [1.54, 1.807) is 27.8 Å². The van der Waals surface area contributed by atoms with E-state index in [0.29, 0.717) is 42.0 Å². The second-order valence-electron chi connectivity index (χ2n) is 6.85. The van der Waals surface area contributed by atoms with E-state index in [1.807, 2.05) is 29.3 Å². The number of amides is 1. The highest BCUT2D eigenvalue weighted by molar-refractivity contribution is 9.10. The molecule has 29 heavy (non-hydrogen) atoms. The van der Waals surface area contributed by atoms with Gasteiger partial charge in [0.25, 0.3) is 5.91 Å². The zero-order valence-electron chi connectivity index (χ0n) is 15.5. The lowest BCUT2D eigenvalue weighted by Gasteiger charge is -2.34. The predicted molar refractivity (Wildman–Crippen MR) is 115 cm³/mol. The summed E-state index contributed by atoms with van der Waals surface area (Å²) in [7, 11) is 0. The van der Waals surface area contributed by atoms with Crippen molar-refractivity contribution in [2.45, 2.75) is 13.2 Å². The molecule has 0 spiro atoms. The van der Waals surface area contributed by atoms with Crippen LogP contribution in [0.15, 0.2) is 47.3 Å². The van der Waals surface area contributed by atoms with Crippen LogP contribution >= 0.6 is 39.1 Å². The molecular weight excluding hydrogens is 479 g/mol. The third kappa shape index (κ3) is 4.83. The fraction of sp³-hybridized carbons (Fsp3) is 0.316. The summed E-state index contributed by atoms with van der Waals surface area (Å²) in [6.45, 7) is 3.92. The Morgan fingerprint density at radius 1 is 1.07 bits per heavy atom. The van der Waals surface area contributed by atoms with Crippen LogP contribution in [0.4, 0.5) is 0 Å². The molecule has 2 aromatic heterocycles. The first-order valence-corrected chi connectivity index (χ1v) is 10.7. The SMILES string of the molecule is O=C(c1ccn(Cn2cc(Br)cn2)n1)N1CCN(Cc2c(Cl)cccc2Cl)CC1. The van der Waals surface area contributed by atoms with Crippen molar-refractivity contribution in [3.63, 3.8) is 0 Å². The van der Waals surface area contributed by atoms with E-state index >= 15 is 0 Å². The van der Waals surface area contributed by atoms with E-state index in [0.717, 1.165) is 23.1 Å². The van der Waals surface area contributed by atoms with Crippen molar-refractivity contribution in [1.82, 2.24) is 29.4 Å². The summed E-state index contributed by atoms with van der Waals surface area (Å²) in [5.74, 6) is -0.0548. The summed E-state index contributed by atoms with van der Waals surface area (Å²) < 4.78 is 4.34. The van der Waals surface area contributed by atoms with Gasteiger partial charge in [-0.15, -0.1) is 0 Å². The Balaban J connectivity index is 1.33. The minimum atomic E-state index is -0.0548. The van der Waals surface area contributed by atoms with E-state index in [4.69, 9.17) is 23.2 Å². The first kappa shape index (κ1) is 20.4. The van der Waals surface area contributed by atoms with Crippen LogP contribution in [-0.2, 0) is 13.2 Å². The van der Waals surface area contributed by atoms with Gasteiger partial charge in [0.1, 0.15) is 12.4 Å². The molecule has 10 heteroatoms. The van der Waals surface area contributed by atoms with Crippen LogP contribution in [0.2, 0.25) is 10.0 Å². The first-order valence-electron chi connectivity index (χ1n) is 9.15. The van der Waals surface area contributed by atoms with Crippen LogP contribution < -0.4 is 0 Å². The summed E-state index contributed by atoms with van der Waals surface area (Å²) in [5, 5.41) is 9.94. The Hall–Kier alpha value is -1.87. The van der Waals surface area contributed by atoms with Gasteiger partial charge in [-0.2, -0.15) is 10.2 Å². The van der Waals surface area contributed by atoms with Gasteiger partial charge < -0.3 is 4.90 Å². The van der Waals surface area contributed by atoms with E-state index in [9.17, 15) is 4.79 Å². The number of aromatic nitrogens is 4. The van der Waals surface area contributed by atoms with Gasteiger partial charge in [0.2, 0.25) is 0 Å². The molecule has 1 aliphatic rings. The molecule has 0 N–H and O–H groups in total. The average molecular weight is 498 g/mol. The van der Waals surface area contributed by atoms with Crippen molar-refractivity contribution in [1.29, 1.82) is 0 Å². The van der Waals surface area contributed by atoms with E-state index in [1.165, 1.54) is 0 Å². The third-order valence-electron chi connectivity index (χ3n) is 4.85. The molecule has 1 amide bonds. The number of carbonyl (C=O) groups excluding carboxylic acids is 1. The first-order chi connectivity index (χ1) is 14.0. The maximum absolute atomic E-state index is 12.8.